The van der Waals surface area contributed by atoms with Gasteiger partial charge in [0.05, 0.1) is 49.8 Å². The van der Waals surface area contributed by atoms with Gasteiger partial charge in [0.2, 0.25) is 0 Å². The Morgan fingerprint density at radius 1 is 1.12 bits per heavy atom. The van der Waals surface area contributed by atoms with Crippen molar-refractivity contribution < 1.29 is 9.47 Å². The van der Waals surface area contributed by atoms with Crippen LogP contribution in [-0.2, 0) is 0 Å². The van der Waals surface area contributed by atoms with E-state index in [1.165, 1.54) is 6.20 Å². The topological polar surface area (TPSA) is 86.0 Å². The number of methoxy groups -OCH3 is 2. The fourth-order valence-corrected chi connectivity index (χ4v) is 1.47. The van der Waals surface area contributed by atoms with Gasteiger partial charge in [-0.25, -0.2) is 0 Å². The molecule has 3 N–H and O–H groups in total. The summed E-state index contributed by atoms with van der Waals surface area (Å²) in [7, 11) is 3.12. The molecule has 2 aromatic heterocycles. The van der Waals surface area contributed by atoms with Gasteiger partial charge in [-0.05, 0) is 0 Å². The van der Waals surface area contributed by atoms with Crippen LogP contribution in [0.15, 0.2) is 18.6 Å². The molecule has 0 aromatic carbocycles. The van der Waals surface area contributed by atoms with Crippen molar-refractivity contribution in [2.75, 3.05) is 20.0 Å². The molecule has 2 rings (SSSR count). The largest absolute Gasteiger partial charge is 0.494 e. The van der Waals surface area contributed by atoms with Crippen LogP contribution in [0.5, 0.6) is 11.5 Å². The molecule has 0 amide bonds. The van der Waals surface area contributed by atoms with Gasteiger partial charge in [0.1, 0.15) is 11.5 Å². The van der Waals surface area contributed by atoms with Crippen LogP contribution >= 0.6 is 0 Å². The van der Waals surface area contributed by atoms with Crippen LogP contribution in [0, 0.1) is 0 Å². The number of nitrogen functional groups attached to an aromatic ring is 1. The maximum Gasteiger partial charge on any atom is 0.150 e. The highest BCUT2D eigenvalue weighted by atomic mass is 16.5. The summed E-state index contributed by atoms with van der Waals surface area (Å²) in [6.45, 7) is 0. The molecule has 0 saturated heterocycles. The first-order chi connectivity index (χ1) is 7.77. The van der Waals surface area contributed by atoms with E-state index in [1.54, 1.807) is 26.6 Å². The summed E-state index contributed by atoms with van der Waals surface area (Å²) in [6.07, 6.45) is 4.73. The molecule has 6 heteroatoms. The molecule has 0 aliphatic carbocycles. The smallest absolute Gasteiger partial charge is 0.150 e. The maximum absolute atomic E-state index is 5.79. The fourth-order valence-electron chi connectivity index (χ4n) is 1.47. The standard InChI is InChI=1S/C10H12N4O2/c1-15-7-4-12-5-8(16-2)9(7)10-6(11)3-13-14-10/h3-5H,11H2,1-2H3,(H,13,14). The maximum atomic E-state index is 5.79. The van der Waals surface area contributed by atoms with Crippen molar-refractivity contribution in [3.8, 4) is 22.8 Å². The van der Waals surface area contributed by atoms with Crippen molar-refractivity contribution in [2.24, 2.45) is 0 Å². The van der Waals surface area contributed by atoms with E-state index in [-0.39, 0.29) is 0 Å². The summed E-state index contributed by atoms with van der Waals surface area (Å²) in [4.78, 5) is 4.00. The molecule has 2 aromatic rings. The monoisotopic (exact) mass is 220 g/mol. The van der Waals surface area contributed by atoms with Crippen molar-refractivity contribution in [3.05, 3.63) is 18.6 Å². The Labute approximate surface area is 92.4 Å². The second kappa shape index (κ2) is 4.09. The quantitative estimate of drug-likeness (QED) is 0.808. The molecule has 0 atom stereocenters. The van der Waals surface area contributed by atoms with Gasteiger partial charge in [-0.15, -0.1) is 0 Å². The Kier molecular flexibility index (Phi) is 2.63. The summed E-state index contributed by atoms with van der Waals surface area (Å²) < 4.78 is 10.4. The molecule has 6 nitrogen and oxygen atoms in total. The van der Waals surface area contributed by atoms with Crippen LogP contribution in [0.4, 0.5) is 5.69 Å². The summed E-state index contributed by atoms with van der Waals surface area (Å²) in [5.41, 5.74) is 7.71. The van der Waals surface area contributed by atoms with Crippen molar-refractivity contribution in [1.82, 2.24) is 15.2 Å². The highest BCUT2D eigenvalue weighted by Crippen LogP contribution is 2.38. The lowest BCUT2D eigenvalue weighted by atomic mass is 10.1. The second-order valence-corrected chi connectivity index (χ2v) is 3.12. The van der Waals surface area contributed by atoms with Crippen LogP contribution in [0.25, 0.3) is 11.3 Å². The number of H-pyrrole nitrogens is 1. The van der Waals surface area contributed by atoms with Crippen LogP contribution in [0.1, 0.15) is 0 Å². The van der Waals surface area contributed by atoms with Crippen LogP contribution in [0.2, 0.25) is 0 Å². The minimum absolute atomic E-state index is 0.530. The zero-order chi connectivity index (χ0) is 11.5. The number of nitrogens with two attached hydrogens (primary N) is 1. The van der Waals surface area contributed by atoms with E-state index >= 15 is 0 Å². The van der Waals surface area contributed by atoms with E-state index < -0.39 is 0 Å². The molecule has 0 aliphatic heterocycles. The number of aromatic nitrogens is 3. The molecule has 0 bridgehead atoms. The third kappa shape index (κ3) is 1.54. The molecular formula is C10H12N4O2. The highest BCUT2D eigenvalue weighted by Gasteiger charge is 2.16. The Bertz CT molecular complexity index is 473. The van der Waals surface area contributed by atoms with Crippen LogP contribution in [0.3, 0.4) is 0 Å². The van der Waals surface area contributed by atoms with Gasteiger partial charge in [0.25, 0.3) is 0 Å². The van der Waals surface area contributed by atoms with Crippen molar-refractivity contribution >= 4 is 5.69 Å². The zero-order valence-electron chi connectivity index (χ0n) is 9.02. The number of rotatable bonds is 3. The molecule has 0 radical (unpaired) electrons. The van der Waals surface area contributed by atoms with E-state index in [9.17, 15) is 0 Å². The lowest BCUT2D eigenvalue weighted by Crippen LogP contribution is -1.96. The number of hydrogen-bond donors (Lipinski definition) is 2. The van der Waals surface area contributed by atoms with Gasteiger partial charge < -0.3 is 15.2 Å². The second-order valence-electron chi connectivity index (χ2n) is 3.12. The Balaban J connectivity index is 2.66. The highest BCUT2D eigenvalue weighted by molar-refractivity contribution is 5.80. The lowest BCUT2D eigenvalue weighted by molar-refractivity contribution is 0.394. The van der Waals surface area contributed by atoms with Gasteiger partial charge in [0, 0.05) is 0 Å². The lowest BCUT2D eigenvalue weighted by Gasteiger charge is -2.11. The third-order valence-electron chi connectivity index (χ3n) is 2.23. The van der Waals surface area contributed by atoms with E-state index in [0.29, 0.717) is 22.9 Å². The number of ether oxygens (including phenoxy) is 2. The first-order valence-electron chi connectivity index (χ1n) is 4.63. The molecular weight excluding hydrogens is 208 g/mol. The number of nitrogens with one attached hydrogen (secondary N) is 1. The first kappa shape index (κ1) is 10.3. The van der Waals surface area contributed by atoms with Crippen molar-refractivity contribution in [2.45, 2.75) is 0 Å². The number of hydrogen-bond acceptors (Lipinski definition) is 5. The molecule has 0 aliphatic rings. The average Bonchev–Trinajstić information content (AvgIpc) is 2.74. The summed E-state index contributed by atoms with van der Waals surface area (Å²) in [5.74, 6) is 1.16. The molecule has 84 valence electrons. The van der Waals surface area contributed by atoms with Crippen molar-refractivity contribution in [1.29, 1.82) is 0 Å². The summed E-state index contributed by atoms with van der Waals surface area (Å²) >= 11 is 0. The van der Waals surface area contributed by atoms with Crippen LogP contribution < -0.4 is 15.2 Å². The minimum Gasteiger partial charge on any atom is -0.494 e. The van der Waals surface area contributed by atoms with Gasteiger partial charge in [-0.3, -0.25) is 10.1 Å². The van der Waals surface area contributed by atoms with E-state index in [2.05, 4.69) is 15.2 Å². The minimum atomic E-state index is 0.530. The van der Waals surface area contributed by atoms with Crippen LogP contribution in [-0.4, -0.2) is 29.4 Å². The fraction of sp³-hybridized carbons (Fsp3) is 0.200. The third-order valence-corrected chi connectivity index (χ3v) is 2.23. The Morgan fingerprint density at radius 2 is 1.75 bits per heavy atom. The molecule has 2 heterocycles. The van der Waals surface area contributed by atoms with Gasteiger partial charge in [0.15, 0.2) is 0 Å². The SMILES string of the molecule is COc1cncc(OC)c1-c1[nH]ncc1N. The normalized spacial score (nSPS) is 10.1. The predicted octanol–water partition coefficient (Wildman–Crippen LogP) is 1.07. The van der Waals surface area contributed by atoms with Gasteiger partial charge >= 0.3 is 0 Å². The zero-order valence-corrected chi connectivity index (χ0v) is 9.02. The molecule has 0 spiro atoms. The average molecular weight is 220 g/mol. The molecule has 0 unspecified atom stereocenters. The molecule has 16 heavy (non-hydrogen) atoms. The van der Waals surface area contributed by atoms with E-state index in [0.717, 1.165) is 5.56 Å². The molecule has 0 saturated carbocycles. The number of nitrogens with zero attached hydrogens (tertiary/aromatic N) is 2. The Morgan fingerprint density at radius 3 is 2.19 bits per heavy atom. The van der Waals surface area contributed by atoms with Gasteiger partial charge in [-0.1, -0.05) is 0 Å². The summed E-state index contributed by atoms with van der Waals surface area (Å²) in [5, 5.41) is 6.68. The van der Waals surface area contributed by atoms with E-state index in [1.807, 2.05) is 0 Å². The predicted molar refractivity (Wildman–Crippen MR) is 59.3 cm³/mol. The number of aromatic amines is 1. The Hall–Kier alpha value is -2.24. The first-order valence-corrected chi connectivity index (χ1v) is 4.63. The van der Waals surface area contributed by atoms with Gasteiger partial charge in [-0.2, -0.15) is 5.10 Å². The molecule has 0 fully saturated rings. The number of pyridine rings is 1. The summed E-state index contributed by atoms with van der Waals surface area (Å²) in [6, 6.07) is 0. The van der Waals surface area contributed by atoms with E-state index in [4.69, 9.17) is 15.2 Å². The van der Waals surface area contributed by atoms with Crippen molar-refractivity contribution in [3.63, 3.8) is 0 Å². The number of anilines is 1.